The Morgan fingerprint density at radius 3 is 2.41 bits per heavy atom. The summed E-state index contributed by atoms with van der Waals surface area (Å²) in [6.45, 7) is 6.08. The maximum absolute atomic E-state index is 11.7. The molecule has 27 heavy (non-hydrogen) atoms. The summed E-state index contributed by atoms with van der Waals surface area (Å²) < 4.78 is 37.0. The lowest BCUT2D eigenvalue weighted by atomic mass is 10.1. The molecule has 8 nitrogen and oxygen atoms in total. The third kappa shape index (κ3) is 7.21. The predicted octanol–water partition coefficient (Wildman–Crippen LogP) is 2.33. The van der Waals surface area contributed by atoms with Gasteiger partial charge in [0.05, 0.1) is 0 Å². The number of likely N-dealkylation sites (N-methyl/N-ethyl adjacent to an activating group) is 1. The van der Waals surface area contributed by atoms with E-state index in [0.29, 0.717) is 23.7 Å². The van der Waals surface area contributed by atoms with E-state index >= 15 is 0 Å². The van der Waals surface area contributed by atoms with Gasteiger partial charge in [-0.3, -0.25) is 4.79 Å². The average Bonchev–Trinajstić information content (AvgIpc) is 3.02. The first kappa shape index (κ1) is 22.4. The number of carboxylic acids is 1. The van der Waals surface area contributed by atoms with Crippen LogP contribution in [0.15, 0.2) is 21.5 Å². The van der Waals surface area contributed by atoms with E-state index in [0.717, 1.165) is 5.69 Å². The van der Waals surface area contributed by atoms with Crippen molar-refractivity contribution in [2.75, 3.05) is 7.05 Å². The van der Waals surface area contributed by atoms with Gasteiger partial charge in [0.2, 0.25) is 5.56 Å². The first-order chi connectivity index (χ1) is 12.4. The van der Waals surface area contributed by atoms with Gasteiger partial charge in [-0.2, -0.15) is 18.2 Å². The topological polar surface area (TPSA) is 121 Å². The maximum Gasteiger partial charge on any atom is 0.490 e. The van der Waals surface area contributed by atoms with Gasteiger partial charge in [-0.1, -0.05) is 19.0 Å². The molecule has 1 unspecified atom stereocenters. The highest BCUT2D eigenvalue weighted by atomic mass is 19.4. The molecule has 0 fully saturated rings. The van der Waals surface area contributed by atoms with Crippen molar-refractivity contribution in [3.63, 3.8) is 0 Å². The van der Waals surface area contributed by atoms with E-state index in [1.807, 2.05) is 33.9 Å². The van der Waals surface area contributed by atoms with Gasteiger partial charge >= 0.3 is 12.1 Å². The number of aromatic nitrogens is 3. The second-order valence-corrected chi connectivity index (χ2v) is 6.06. The molecule has 2 aromatic rings. The normalized spacial score (nSPS) is 12.4. The summed E-state index contributed by atoms with van der Waals surface area (Å²) >= 11 is 0. The number of hydrogen-bond donors (Lipinski definition) is 3. The quantitative estimate of drug-likeness (QED) is 0.716. The van der Waals surface area contributed by atoms with Crippen LogP contribution in [0.3, 0.4) is 0 Å². The second-order valence-electron chi connectivity index (χ2n) is 6.06. The molecule has 0 saturated heterocycles. The monoisotopic (exact) mass is 390 g/mol. The third-order valence-corrected chi connectivity index (χ3v) is 3.43. The summed E-state index contributed by atoms with van der Waals surface area (Å²) in [6.07, 6.45) is -4.40. The molecule has 1 atom stereocenters. The fraction of sp³-hybridized carbons (Fsp3) is 0.500. The highest BCUT2D eigenvalue weighted by Gasteiger charge is 2.38. The van der Waals surface area contributed by atoms with E-state index in [-0.39, 0.29) is 17.5 Å². The molecule has 2 heterocycles. The Morgan fingerprint density at radius 2 is 1.93 bits per heavy atom. The molecular formula is C16H21F3N4O4. The molecule has 0 saturated carbocycles. The lowest BCUT2D eigenvalue weighted by molar-refractivity contribution is -0.192. The Bertz CT molecular complexity index is 814. The number of nitrogens with zero attached hydrogens (tertiary/aromatic N) is 2. The number of nitrogens with one attached hydrogen (secondary N) is 2. The van der Waals surface area contributed by atoms with Crippen molar-refractivity contribution in [2.24, 2.45) is 0 Å². The van der Waals surface area contributed by atoms with Gasteiger partial charge in [0.25, 0.3) is 5.89 Å². The second kappa shape index (κ2) is 9.31. The van der Waals surface area contributed by atoms with Gasteiger partial charge in [0.15, 0.2) is 5.82 Å². The number of aromatic amines is 1. The first-order valence-electron chi connectivity index (χ1n) is 7.98. The minimum Gasteiger partial charge on any atom is -0.475 e. The van der Waals surface area contributed by atoms with Crippen molar-refractivity contribution in [1.82, 2.24) is 20.4 Å². The van der Waals surface area contributed by atoms with Crippen LogP contribution in [0.25, 0.3) is 11.5 Å². The Labute approximate surface area is 152 Å². The molecule has 0 aliphatic heterocycles. The molecule has 0 bridgehead atoms. The summed E-state index contributed by atoms with van der Waals surface area (Å²) in [7, 11) is 1.89. The molecule has 0 aliphatic rings. The molecular weight excluding hydrogens is 369 g/mol. The molecule has 0 aliphatic carbocycles. The largest absolute Gasteiger partial charge is 0.490 e. The van der Waals surface area contributed by atoms with Crippen molar-refractivity contribution in [3.8, 4) is 11.5 Å². The number of H-pyrrole nitrogens is 1. The Hall–Kier alpha value is -2.69. The van der Waals surface area contributed by atoms with Crippen molar-refractivity contribution < 1.29 is 27.6 Å². The van der Waals surface area contributed by atoms with Crippen molar-refractivity contribution >= 4 is 5.97 Å². The average molecular weight is 390 g/mol. The SMILES string of the molecule is CNC(C)Cc1noc(-c2cc(C(C)C)[nH]c(=O)c2)n1.O=C(O)C(F)(F)F. The molecule has 0 amide bonds. The molecule has 0 aromatic carbocycles. The lowest BCUT2D eigenvalue weighted by Crippen LogP contribution is -2.24. The van der Waals surface area contributed by atoms with Crippen LogP contribution in [0, 0.1) is 0 Å². The van der Waals surface area contributed by atoms with Crippen LogP contribution in [0.2, 0.25) is 0 Å². The number of rotatable bonds is 5. The molecule has 11 heteroatoms. The van der Waals surface area contributed by atoms with Gasteiger partial charge in [-0.15, -0.1) is 0 Å². The molecule has 0 spiro atoms. The highest BCUT2D eigenvalue weighted by Crippen LogP contribution is 2.19. The molecule has 3 N–H and O–H groups in total. The molecule has 2 aromatic heterocycles. The van der Waals surface area contributed by atoms with Crippen LogP contribution in [0.4, 0.5) is 13.2 Å². The summed E-state index contributed by atoms with van der Waals surface area (Å²) in [5.41, 5.74) is 1.36. The van der Waals surface area contributed by atoms with Crippen LogP contribution in [0.5, 0.6) is 0 Å². The fourth-order valence-corrected chi connectivity index (χ4v) is 1.83. The Kier molecular flexibility index (Phi) is 7.70. The van der Waals surface area contributed by atoms with E-state index in [2.05, 4.69) is 20.4 Å². The van der Waals surface area contributed by atoms with Crippen LogP contribution in [0.1, 0.15) is 38.2 Å². The maximum atomic E-state index is 11.7. The van der Waals surface area contributed by atoms with Crippen molar-refractivity contribution in [3.05, 3.63) is 34.0 Å². The van der Waals surface area contributed by atoms with E-state index in [1.54, 1.807) is 0 Å². The molecule has 150 valence electrons. The summed E-state index contributed by atoms with van der Waals surface area (Å²) in [6, 6.07) is 3.63. The third-order valence-electron chi connectivity index (χ3n) is 3.43. The van der Waals surface area contributed by atoms with Crippen LogP contribution in [-0.4, -0.2) is 45.5 Å². The minimum atomic E-state index is -5.08. The van der Waals surface area contributed by atoms with Gasteiger partial charge < -0.3 is 19.9 Å². The number of alkyl halides is 3. The van der Waals surface area contributed by atoms with E-state index in [9.17, 15) is 18.0 Å². The van der Waals surface area contributed by atoms with Gasteiger partial charge in [-0.25, -0.2) is 4.79 Å². The number of hydrogen-bond acceptors (Lipinski definition) is 6. The summed E-state index contributed by atoms with van der Waals surface area (Å²) in [5, 5.41) is 14.2. The van der Waals surface area contributed by atoms with Gasteiger partial charge in [0, 0.05) is 29.8 Å². The van der Waals surface area contributed by atoms with E-state index in [4.69, 9.17) is 14.4 Å². The number of aliphatic carboxylic acids is 1. The molecule has 2 rings (SSSR count). The smallest absolute Gasteiger partial charge is 0.475 e. The van der Waals surface area contributed by atoms with Crippen LogP contribution in [-0.2, 0) is 11.2 Å². The van der Waals surface area contributed by atoms with Crippen LogP contribution >= 0.6 is 0 Å². The van der Waals surface area contributed by atoms with Gasteiger partial charge in [-0.05, 0) is 26.0 Å². The summed E-state index contributed by atoms with van der Waals surface area (Å²) in [4.78, 5) is 27.7. The molecule has 0 radical (unpaired) electrons. The highest BCUT2D eigenvalue weighted by molar-refractivity contribution is 5.73. The van der Waals surface area contributed by atoms with E-state index < -0.39 is 12.1 Å². The zero-order valence-electron chi connectivity index (χ0n) is 15.2. The number of carbonyl (C=O) groups is 1. The summed E-state index contributed by atoms with van der Waals surface area (Å²) in [5.74, 6) is -1.51. The minimum absolute atomic E-state index is 0.158. The number of carboxylic acid groups (broad SMARTS) is 1. The Morgan fingerprint density at radius 1 is 1.33 bits per heavy atom. The Balaban J connectivity index is 0.000000445. The van der Waals surface area contributed by atoms with Crippen LogP contribution < -0.4 is 10.9 Å². The zero-order chi connectivity index (χ0) is 20.8. The predicted molar refractivity (Wildman–Crippen MR) is 90.4 cm³/mol. The first-order valence-corrected chi connectivity index (χ1v) is 7.98. The van der Waals surface area contributed by atoms with Crippen molar-refractivity contribution in [1.29, 1.82) is 0 Å². The zero-order valence-corrected chi connectivity index (χ0v) is 15.2. The number of halogens is 3. The van der Waals surface area contributed by atoms with Gasteiger partial charge in [0.1, 0.15) is 0 Å². The van der Waals surface area contributed by atoms with Crippen molar-refractivity contribution in [2.45, 2.75) is 45.3 Å². The van der Waals surface area contributed by atoms with E-state index in [1.165, 1.54) is 6.07 Å². The lowest BCUT2D eigenvalue weighted by Gasteiger charge is -2.05. The number of pyridine rings is 1. The standard InChI is InChI=1S/C14H20N4O2.C2HF3O2/c1-8(2)11-6-10(7-13(19)16-11)14-17-12(18-20-14)5-9(3)15-4;3-2(4,5)1(6)7/h6-9,15H,5H2,1-4H3,(H,16,19);(H,6,7). The fourth-order valence-electron chi connectivity index (χ4n) is 1.83.